The SMILES string of the molecule is BN1CCCc2ccc(C=O)c(C)c21. The predicted octanol–water partition coefficient (Wildman–Crippen LogP) is 1.11. The van der Waals surface area contributed by atoms with Gasteiger partial charge in [-0.15, -0.1) is 0 Å². The first-order valence-corrected chi connectivity index (χ1v) is 5.03. The fourth-order valence-electron chi connectivity index (χ4n) is 2.25. The largest absolute Gasteiger partial charge is 0.421 e. The standard InChI is InChI=1S/C11H14BNO/c1-8-10(7-14)5-4-9-3-2-6-13(12)11(8)9/h4-5,7H,2-3,6,12H2,1H3. The third-order valence-electron chi connectivity index (χ3n) is 3.00. The smallest absolute Gasteiger partial charge is 0.217 e. The maximum atomic E-state index is 10.8. The van der Waals surface area contributed by atoms with E-state index in [1.165, 1.54) is 17.7 Å². The van der Waals surface area contributed by atoms with Crippen molar-refractivity contribution in [3.05, 3.63) is 28.8 Å². The molecule has 1 aliphatic heterocycles. The molecule has 2 rings (SSSR count). The van der Waals surface area contributed by atoms with E-state index in [2.05, 4.69) is 18.9 Å². The number of rotatable bonds is 1. The molecule has 0 radical (unpaired) electrons. The van der Waals surface area contributed by atoms with Gasteiger partial charge in [0.2, 0.25) is 7.98 Å². The highest BCUT2D eigenvalue weighted by atomic mass is 16.1. The summed E-state index contributed by atoms with van der Waals surface area (Å²) in [6.07, 6.45) is 3.29. The summed E-state index contributed by atoms with van der Waals surface area (Å²) in [5.41, 5.74) is 4.58. The number of benzene rings is 1. The molecule has 14 heavy (non-hydrogen) atoms. The maximum Gasteiger partial charge on any atom is 0.217 e. The number of hydrogen-bond acceptors (Lipinski definition) is 2. The van der Waals surface area contributed by atoms with E-state index >= 15 is 0 Å². The fourth-order valence-corrected chi connectivity index (χ4v) is 2.25. The van der Waals surface area contributed by atoms with E-state index in [1.54, 1.807) is 0 Å². The van der Waals surface area contributed by atoms with Crippen molar-refractivity contribution in [2.45, 2.75) is 19.8 Å². The normalized spacial score (nSPS) is 15.1. The highest BCUT2D eigenvalue weighted by Gasteiger charge is 2.16. The van der Waals surface area contributed by atoms with Crippen LogP contribution >= 0.6 is 0 Å². The van der Waals surface area contributed by atoms with E-state index in [1.807, 2.05) is 13.0 Å². The predicted molar refractivity (Wildman–Crippen MR) is 60.8 cm³/mol. The molecule has 0 unspecified atom stereocenters. The highest BCUT2D eigenvalue weighted by molar-refractivity contribution is 6.18. The second-order valence-corrected chi connectivity index (χ2v) is 3.93. The molecule has 1 aliphatic rings. The number of aldehydes is 1. The van der Waals surface area contributed by atoms with Gasteiger partial charge >= 0.3 is 0 Å². The summed E-state index contributed by atoms with van der Waals surface area (Å²) in [5, 5.41) is 0. The summed E-state index contributed by atoms with van der Waals surface area (Å²) >= 11 is 0. The molecule has 0 saturated carbocycles. The third-order valence-corrected chi connectivity index (χ3v) is 3.00. The van der Waals surface area contributed by atoms with Crippen LogP contribution in [0.1, 0.15) is 27.9 Å². The molecule has 0 N–H and O–H groups in total. The van der Waals surface area contributed by atoms with E-state index in [-0.39, 0.29) is 0 Å². The molecular weight excluding hydrogens is 173 g/mol. The molecular formula is C11H14BNO. The van der Waals surface area contributed by atoms with Crippen molar-refractivity contribution in [3.8, 4) is 0 Å². The zero-order valence-corrected chi connectivity index (χ0v) is 8.71. The Morgan fingerprint density at radius 2 is 2.29 bits per heavy atom. The van der Waals surface area contributed by atoms with Gasteiger partial charge in [-0.25, -0.2) is 0 Å². The Kier molecular flexibility index (Phi) is 2.32. The molecule has 0 fully saturated rings. The van der Waals surface area contributed by atoms with Gasteiger partial charge in [0, 0.05) is 17.8 Å². The molecule has 0 aromatic heterocycles. The van der Waals surface area contributed by atoms with Crippen molar-refractivity contribution in [3.63, 3.8) is 0 Å². The Bertz CT molecular complexity index is 376. The van der Waals surface area contributed by atoms with Crippen molar-refractivity contribution in [2.75, 3.05) is 11.4 Å². The highest BCUT2D eigenvalue weighted by Crippen LogP contribution is 2.30. The van der Waals surface area contributed by atoms with Crippen LogP contribution in [-0.4, -0.2) is 20.8 Å². The first-order chi connectivity index (χ1) is 6.74. The van der Waals surface area contributed by atoms with Gasteiger partial charge in [0.25, 0.3) is 0 Å². The lowest BCUT2D eigenvalue weighted by Gasteiger charge is -2.30. The summed E-state index contributed by atoms with van der Waals surface area (Å²) in [4.78, 5) is 13.1. The topological polar surface area (TPSA) is 20.3 Å². The van der Waals surface area contributed by atoms with Gasteiger partial charge < -0.3 is 4.81 Å². The van der Waals surface area contributed by atoms with Crippen molar-refractivity contribution in [2.24, 2.45) is 0 Å². The Labute approximate surface area is 85.3 Å². The molecule has 72 valence electrons. The van der Waals surface area contributed by atoms with Crippen LogP contribution in [0.3, 0.4) is 0 Å². The van der Waals surface area contributed by atoms with Crippen LogP contribution < -0.4 is 4.81 Å². The molecule has 0 aliphatic carbocycles. The van der Waals surface area contributed by atoms with Gasteiger partial charge in [-0.3, -0.25) is 4.79 Å². The molecule has 1 heterocycles. The van der Waals surface area contributed by atoms with E-state index in [9.17, 15) is 4.79 Å². The molecule has 0 amide bonds. The second-order valence-electron chi connectivity index (χ2n) is 3.93. The molecule has 0 atom stereocenters. The molecule has 1 aromatic rings. The van der Waals surface area contributed by atoms with Crippen LogP contribution in [0, 0.1) is 6.92 Å². The summed E-state index contributed by atoms with van der Waals surface area (Å²) in [7, 11) is 2.10. The average Bonchev–Trinajstić information content (AvgIpc) is 2.18. The molecule has 0 saturated heterocycles. The minimum Gasteiger partial charge on any atom is -0.421 e. The second kappa shape index (κ2) is 3.48. The third kappa shape index (κ3) is 1.33. The van der Waals surface area contributed by atoms with E-state index in [4.69, 9.17) is 0 Å². The average molecular weight is 187 g/mol. The summed E-state index contributed by atoms with van der Waals surface area (Å²) in [5.74, 6) is 0. The van der Waals surface area contributed by atoms with Gasteiger partial charge in [-0.05, 0) is 30.9 Å². The van der Waals surface area contributed by atoms with Crippen LogP contribution in [0.2, 0.25) is 0 Å². The minimum absolute atomic E-state index is 0.817. The van der Waals surface area contributed by atoms with E-state index in [0.717, 1.165) is 30.4 Å². The summed E-state index contributed by atoms with van der Waals surface area (Å²) in [6.45, 7) is 3.13. The van der Waals surface area contributed by atoms with Crippen LogP contribution in [0.4, 0.5) is 5.69 Å². The molecule has 2 nitrogen and oxygen atoms in total. The molecule has 0 spiro atoms. The minimum atomic E-state index is 0.817. The lowest BCUT2D eigenvalue weighted by molar-refractivity contribution is 0.112. The van der Waals surface area contributed by atoms with Gasteiger partial charge in [0.1, 0.15) is 6.29 Å². The number of anilines is 1. The Balaban J connectivity index is 2.59. The van der Waals surface area contributed by atoms with Crippen LogP contribution in [-0.2, 0) is 6.42 Å². The first-order valence-electron chi connectivity index (χ1n) is 5.03. The lowest BCUT2D eigenvalue weighted by atomic mass is 9.93. The molecule has 0 bridgehead atoms. The zero-order chi connectivity index (χ0) is 10.1. The van der Waals surface area contributed by atoms with E-state index in [0.29, 0.717) is 0 Å². The van der Waals surface area contributed by atoms with Crippen molar-refractivity contribution >= 4 is 20.0 Å². The molecule has 1 aromatic carbocycles. The van der Waals surface area contributed by atoms with Crippen LogP contribution in [0.5, 0.6) is 0 Å². The first kappa shape index (κ1) is 9.32. The number of carbonyl (C=O) groups excluding carboxylic acids is 1. The number of aryl methyl sites for hydroxylation is 1. The lowest BCUT2D eigenvalue weighted by Crippen LogP contribution is -2.27. The Morgan fingerprint density at radius 3 is 3.00 bits per heavy atom. The maximum absolute atomic E-state index is 10.8. The number of fused-ring (bicyclic) bond motifs is 1. The zero-order valence-electron chi connectivity index (χ0n) is 8.71. The van der Waals surface area contributed by atoms with Gasteiger partial charge in [0.15, 0.2) is 0 Å². The monoisotopic (exact) mass is 187 g/mol. The number of hydrogen-bond donors (Lipinski definition) is 0. The quantitative estimate of drug-likeness (QED) is 0.484. The summed E-state index contributed by atoms with van der Waals surface area (Å²) < 4.78 is 0. The van der Waals surface area contributed by atoms with Crippen molar-refractivity contribution in [1.82, 2.24) is 0 Å². The summed E-state index contributed by atoms with van der Waals surface area (Å²) in [6, 6.07) is 4.02. The van der Waals surface area contributed by atoms with Crippen molar-refractivity contribution < 1.29 is 4.79 Å². The van der Waals surface area contributed by atoms with Gasteiger partial charge in [-0.1, -0.05) is 12.1 Å². The molecule has 3 heteroatoms. The fraction of sp³-hybridized carbons (Fsp3) is 0.364. The van der Waals surface area contributed by atoms with Crippen LogP contribution in [0.15, 0.2) is 12.1 Å². The number of carbonyl (C=O) groups is 1. The van der Waals surface area contributed by atoms with Gasteiger partial charge in [0.05, 0.1) is 0 Å². The van der Waals surface area contributed by atoms with Gasteiger partial charge in [-0.2, -0.15) is 0 Å². The van der Waals surface area contributed by atoms with Crippen molar-refractivity contribution in [1.29, 1.82) is 0 Å². The van der Waals surface area contributed by atoms with E-state index < -0.39 is 0 Å². The number of nitrogens with zero attached hydrogens (tertiary/aromatic N) is 1. The Morgan fingerprint density at radius 1 is 1.50 bits per heavy atom. The van der Waals surface area contributed by atoms with Crippen LogP contribution in [0.25, 0.3) is 0 Å². The Hall–Kier alpha value is -1.25.